The van der Waals surface area contributed by atoms with Gasteiger partial charge in [0.1, 0.15) is 11.5 Å². The second-order valence-corrected chi connectivity index (χ2v) is 10.4. The van der Waals surface area contributed by atoms with Crippen molar-refractivity contribution in [3.05, 3.63) is 70.7 Å². The minimum atomic E-state index is -3.45. The number of para-hydroxylation sites is 1. The maximum Gasteiger partial charge on any atom is 0.352 e. The Kier molecular flexibility index (Phi) is 5.96. The van der Waals surface area contributed by atoms with E-state index in [4.69, 9.17) is 0 Å². The predicted octanol–water partition coefficient (Wildman–Crippen LogP) is 3.22. The Morgan fingerprint density at radius 2 is 1.97 bits per heavy atom. The van der Waals surface area contributed by atoms with Crippen LogP contribution in [0.15, 0.2) is 53.0 Å². The number of aliphatic hydroxyl groups excluding tert-OH is 1. The first-order valence-electron chi connectivity index (χ1n) is 10.3. The van der Waals surface area contributed by atoms with E-state index < -0.39 is 39.2 Å². The minimum absolute atomic E-state index is 0.0105. The lowest BCUT2D eigenvalue weighted by Gasteiger charge is -2.13. The van der Waals surface area contributed by atoms with Gasteiger partial charge < -0.3 is 15.2 Å². The summed E-state index contributed by atoms with van der Waals surface area (Å²) in [4.78, 5) is 31.1. The quantitative estimate of drug-likeness (QED) is 0.471. The largest absolute Gasteiger partial charge is 0.477 e. The third kappa shape index (κ3) is 4.29. The van der Waals surface area contributed by atoms with Crippen molar-refractivity contribution in [2.24, 2.45) is 4.99 Å². The molecule has 0 saturated heterocycles. The number of carboxylic acid groups (broad SMARTS) is 1. The van der Waals surface area contributed by atoms with E-state index >= 15 is 0 Å². The summed E-state index contributed by atoms with van der Waals surface area (Å²) in [5.41, 5.74) is 2.06. The van der Waals surface area contributed by atoms with Gasteiger partial charge >= 0.3 is 5.97 Å². The van der Waals surface area contributed by atoms with Gasteiger partial charge in [-0.15, -0.1) is 0 Å². The van der Waals surface area contributed by atoms with E-state index in [2.05, 4.69) is 9.98 Å². The van der Waals surface area contributed by atoms with E-state index in [-0.39, 0.29) is 34.7 Å². The Morgan fingerprint density at radius 1 is 1.24 bits per heavy atom. The summed E-state index contributed by atoms with van der Waals surface area (Å²) in [6.45, 7) is 1.40. The molecule has 4 rings (SSSR count). The van der Waals surface area contributed by atoms with Crippen molar-refractivity contribution in [2.75, 3.05) is 12.9 Å². The molecule has 34 heavy (non-hydrogen) atoms. The Hall–Kier alpha value is -3.63. The number of carbonyl (C=O) groups excluding carboxylic acids is 1. The highest BCUT2D eigenvalue weighted by Gasteiger charge is 2.27. The topological polar surface area (TPSA) is 137 Å². The maximum absolute atomic E-state index is 14.7. The molecule has 8 nitrogen and oxygen atoms in total. The van der Waals surface area contributed by atoms with Gasteiger partial charge in [0.05, 0.1) is 23.6 Å². The Morgan fingerprint density at radius 3 is 2.56 bits per heavy atom. The maximum atomic E-state index is 14.7. The van der Waals surface area contributed by atoms with Gasteiger partial charge in [-0.1, -0.05) is 37.3 Å². The van der Waals surface area contributed by atoms with Crippen molar-refractivity contribution in [3.8, 4) is 11.1 Å². The average molecular weight is 485 g/mol. The third-order valence-corrected chi connectivity index (χ3v) is 6.58. The Bertz CT molecular complexity index is 1520. The van der Waals surface area contributed by atoms with E-state index in [1.165, 1.54) is 18.2 Å². The van der Waals surface area contributed by atoms with Crippen molar-refractivity contribution in [2.45, 2.75) is 18.6 Å². The number of nitrogens with zero attached hydrogens (tertiary/aromatic N) is 1. The standard InChI is InChI=1S/C24H21FN2O6S/c1-12(18-9-15(10-28)26-23(18)29)16-4-3-5-17-20(22(24(30)31)27-21(16)17)13-6-7-14(19(25)8-13)11-34(2,32)33/h3-9,12,27-28H,10-11H2,1-2H3,(H,30,31). The second kappa shape index (κ2) is 8.62. The zero-order valence-corrected chi connectivity index (χ0v) is 19.1. The number of aromatic carboxylic acids is 1. The number of aromatic amines is 1. The first kappa shape index (κ1) is 23.5. The van der Waals surface area contributed by atoms with Crippen LogP contribution in [-0.4, -0.2) is 54.1 Å². The molecule has 2 aromatic carbocycles. The van der Waals surface area contributed by atoms with E-state index in [9.17, 15) is 32.6 Å². The molecule has 1 unspecified atom stereocenters. The molecule has 1 atom stereocenters. The van der Waals surface area contributed by atoms with Gasteiger partial charge in [0.2, 0.25) is 0 Å². The molecule has 3 N–H and O–H groups in total. The number of hydrogen-bond acceptors (Lipinski definition) is 5. The summed E-state index contributed by atoms with van der Waals surface area (Å²) < 4.78 is 37.8. The molecule has 2 heterocycles. The molecular formula is C24H21FN2O6S. The van der Waals surface area contributed by atoms with Crippen molar-refractivity contribution in [1.29, 1.82) is 0 Å². The monoisotopic (exact) mass is 484 g/mol. The van der Waals surface area contributed by atoms with Crippen LogP contribution in [0.3, 0.4) is 0 Å². The number of carboxylic acids is 1. The molecule has 0 saturated carbocycles. The fourth-order valence-corrected chi connectivity index (χ4v) is 4.99. The minimum Gasteiger partial charge on any atom is -0.477 e. The van der Waals surface area contributed by atoms with Crippen molar-refractivity contribution >= 4 is 38.3 Å². The molecule has 1 aliphatic heterocycles. The molecule has 1 aliphatic rings. The number of carbonyl (C=O) groups is 2. The molecule has 0 radical (unpaired) electrons. The number of aliphatic imine (C=N–C) groups is 1. The van der Waals surface area contributed by atoms with Crippen LogP contribution in [0, 0.1) is 5.82 Å². The van der Waals surface area contributed by atoms with E-state index in [0.29, 0.717) is 22.0 Å². The lowest BCUT2D eigenvalue weighted by Crippen LogP contribution is -2.05. The number of aliphatic hydroxyl groups is 1. The molecule has 1 aromatic heterocycles. The van der Waals surface area contributed by atoms with Crippen LogP contribution in [0.5, 0.6) is 0 Å². The fraction of sp³-hybridized carbons (Fsp3) is 0.208. The number of fused-ring (bicyclic) bond motifs is 1. The lowest BCUT2D eigenvalue weighted by molar-refractivity contribution is -0.114. The molecule has 10 heteroatoms. The highest BCUT2D eigenvalue weighted by molar-refractivity contribution is 7.89. The first-order chi connectivity index (χ1) is 16.0. The molecule has 0 bridgehead atoms. The number of hydrogen-bond donors (Lipinski definition) is 3. The molecule has 176 valence electrons. The third-order valence-electron chi connectivity index (χ3n) is 5.75. The van der Waals surface area contributed by atoms with Gasteiger partial charge in [0, 0.05) is 34.3 Å². The van der Waals surface area contributed by atoms with Gasteiger partial charge in [-0.3, -0.25) is 4.79 Å². The van der Waals surface area contributed by atoms with Gasteiger partial charge in [0.25, 0.3) is 5.91 Å². The van der Waals surface area contributed by atoms with Crippen LogP contribution in [0.25, 0.3) is 22.0 Å². The smallest absolute Gasteiger partial charge is 0.352 e. The summed E-state index contributed by atoms with van der Waals surface area (Å²) in [6.07, 6.45) is 2.52. The number of amides is 1. The number of benzene rings is 2. The summed E-state index contributed by atoms with van der Waals surface area (Å²) in [5, 5.41) is 19.6. The predicted molar refractivity (Wildman–Crippen MR) is 125 cm³/mol. The average Bonchev–Trinajstić information content (AvgIpc) is 3.34. The highest BCUT2D eigenvalue weighted by Crippen LogP contribution is 2.39. The molecular weight excluding hydrogens is 463 g/mol. The zero-order valence-electron chi connectivity index (χ0n) is 18.3. The second-order valence-electron chi connectivity index (χ2n) is 8.21. The molecule has 0 fully saturated rings. The van der Waals surface area contributed by atoms with Crippen LogP contribution in [0.1, 0.15) is 34.5 Å². The van der Waals surface area contributed by atoms with E-state index in [1.807, 2.05) is 0 Å². The van der Waals surface area contributed by atoms with Gasteiger partial charge in [-0.2, -0.15) is 0 Å². The number of halogens is 1. The SMILES string of the molecule is CC(C1=CC(CO)=NC1=O)c1cccc2c(-c3ccc(CS(C)(=O)=O)c(F)c3)c(C(=O)O)[nH]c12. The zero-order chi connectivity index (χ0) is 24.8. The van der Waals surface area contributed by atoms with Crippen molar-refractivity contribution in [3.63, 3.8) is 0 Å². The van der Waals surface area contributed by atoms with Gasteiger partial charge in [-0.05, 0) is 23.3 Å². The van der Waals surface area contributed by atoms with Gasteiger partial charge in [0.15, 0.2) is 9.84 Å². The summed E-state index contributed by atoms with van der Waals surface area (Å²) >= 11 is 0. The van der Waals surface area contributed by atoms with Crippen LogP contribution in [-0.2, 0) is 20.4 Å². The fourth-order valence-electron chi connectivity index (χ4n) is 4.19. The molecule has 3 aromatic rings. The van der Waals surface area contributed by atoms with Crippen molar-refractivity contribution < 1.29 is 32.6 Å². The van der Waals surface area contributed by atoms with Crippen LogP contribution in [0.4, 0.5) is 4.39 Å². The van der Waals surface area contributed by atoms with Crippen LogP contribution >= 0.6 is 0 Å². The summed E-state index contributed by atoms with van der Waals surface area (Å²) in [7, 11) is -3.45. The number of rotatable bonds is 7. The summed E-state index contributed by atoms with van der Waals surface area (Å²) in [6, 6.07) is 9.08. The molecule has 0 aliphatic carbocycles. The normalized spacial score (nSPS) is 14.9. The number of H-pyrrole nitrogens is 1. The van der Waals surface area contributed by atoms with E-state index in [1.54, 1.807) is 25.1 Å². The van der Waals surface area contributed by atoms with Crippen molar-refractivity contribution in [1.82, 2.24) is 4.98 Å². The lowest BCUT2D eigenvalue weighted by atomic mass is 9.90. The van der Waals surface area contributed by atoms with E-state index in [0.717, 1.165) is 12.3 Å². The number of sulfone groups is 1. The molecule has 1 amide bonds. The highest BCUT2D eigenvalue weighted by atomic mass is 32.2. The van der Waals surface area contributed by atoms with Gasteiger partial charge in [-0.25, -0.2) is 22.6 Å². The Labute approximate surface area is 194 Å². The number of nitrogens with one attached hydrogen (secondary N) is 1. The first-order valence-corrected chi connectivity index (χ1v) is 12.3. The molecule has 0 spiro atoms. The van der Waals surface area contributed by atoms with Crippen LogP contribution < -0.4 is 0 Å². The Balaban J connectivity index is 1.87. The van der Waals surface area contributed by atoms with Crippen LogP contribution in [0.2, 0.25) is 0 Å². The summed E-state index contributed by atoms with van der Waals surface area (Å²) in [5.74, 6) is -3.42. The number of aromatic nitrogens is 1.